The smallest absolute Gasteiger partial charge is 0.233 e. The largest absolute Gasteiger partial charge is 0.335 e. The Hall–Kier alpha value is -2.67. The average molecular weight is 365 g/mol. The van der Waals surface area contributed by atoms with Gasteiger partial charge in [-0.3, -0.25) is 4.79 Å². The Labute approximate surface area is 156 Å². The molecule has 1 heterocycles. The first-order valence-corrected chi connectivity index (χ1v) is 9.60. The number of aromatic nitrogens is 4. The summed E-state index contributed by atoms with van der Waals surface area (Å²) in [6, 6.07) is 20.2. The van der Waals surface area contributed by atoms with Crippen LogP contribution < -0.4 is 0 Å². The Bertz CT molecular complexity index is 864. The van der Waals surface area contributed by atoms with E-state index in [-0.39, 0.29) is 5.91 Å². The van der Waals surface area contributed by atoms with Gasteiger partial charge in [0.2, 0.25) is 11.1 Å². The molecule has 2 aromatic carbocycles. The van der Waals surface area contributed by atoms with E-state index in [1.807, 2.05) is 53.4 Å². The molecule has 1 aliphatic rings. The van der Waals surface area contributed by atoms with Crippen LogP contribution in [0.2, 0.25) is 0 Å². The van der Waals surface area contributed by atoms with Gasteiger partial charge in [0.1, 0.15) is 0 Å². The highest BCUT2D eigenvalue weighted by atomic mass is 32.2. The highest BCUT2D eigenvalue weighted by Crippen LogP contribution is 2.29. The zero-order chi connectivity index (χ0) is 17.8. The normalized spacial score (nSPS) is 13.5. The van der Waals surface area contributed by atoms with Gasteiger partial charge in [0.05, 0.1) is 11.4 Å². The number of hydrogen-bond acceptors (Lipinski definition) is 5. The number of carbonyl (C=O) groups excluding carboxylic acids is 1. The molecule has 132 valence electrons. The van der Waals surface area contributed by atoms with Crippen molar-refractivity contribution in [3.63, 3.8) is 0 Å². The summed E-state index contributed by atoms with van der Waals surface area (Å²) < 4.78 is 1.66. The summed E-state index contributed by atoms with van der Waals surface area (Å²) in [6.07, 6.45) is 2.18. The van der Waals surface area contributed by atoms with Crippen molar-refractivity contribution in [2.45, 2.75) is 30.6 Å². The van der Waals surface area contributed by atoms with E-state index in [9.17, 15) is 4.79 Å². The molecule has 0 unspecified atom stereocenters. The topological polar surface area (TPSA) is 63.9 Å². The van der Waals surface area contributed by atoms with Crippen molar-refractivity contribution in [3.05, 3.63) is 66.2 Å². The molecule has 0 N–H and O–H groups in total. The van der Waals surface area contributed by atoms with Crippen LogP contribution in [-0.4, -0.2) is 42.8 Å². The SMILES string of the molecule is O=C(CSc1nnnn1-c1ccccc1)N(Cc1ccccc1)C1CC1. The Morgan fingerprint density at radius 3 is 2.46 bits per heavy atom. The van der Waals surface area contributed by atoms with Crippen molar-refractivity contribution in [3.8, 4) is 5.69 Å². The molecule has 0 spiro atoms. The molecule has 6 nitrogen and oxygen atoms in total. The van der Waals surface area contributed by atoms with E-state index in [0.717, 1.165) is 24.1 Å². The lowest BCUT2D eigenvalue weighted by Crippen LogP contribution is -2.34. The predicted molar refractivity (Wildman–Crippen MR) is 99.9 cm³/mol. The Morgan fingerprint density at radius 1 is 1.08 bits per heavy atom. The monoisotopic (exact) mass is 365 g/mol. The standard InChI is InChI=1S/C19H19N5OS/c25-18(23(16-11-12-16)13-15-7-3-1-4-8-15)14-26-19-20-21-22-24(19)17-9-5-2-6-10-17/h1-10,16H,11-14H2. The second kappa shape index (κ2) is 7.70. The lowest BCUT2D eigenvalue weighted by Gasteiger charge is -2.22. The molecule has 1 aromatic heterocycles. The summed E-state index contributed by atoms with van der Waals surface area (Å²) in [6.45, 7) is 0.661. The fraction of sp³-hybridized carbons (Fsp3) is 0.263. The molecule has 1 amide bonds. The van der Waals surface area contributed by atoms with Gasteiger partial charge in [0, 0.05) is 12.6 Å². The number of hydrogen-bond donors (Lipinski definition) is 0. The fourth-order valence-corrected chi connectivity index (χ4v) is 3.57. The van der Waals surface area contributed by atoms with Crippen molar-refractivity contribution in [2.75, 3.05) is 5.75 Å². The minimum atomic E-state index is 0.129. The minimum absolute atomic E-state index is 0.129. The summed E-state index contributed by atoms with van der Waals surface area (Å²) in [5, 5.41) is 12.5. The van der Waals surface area contributed by atoms with E-state index in [0.29, 0.717) is 23.5 Å². The molecule has 0 saturated heterocycles. The van der Waals surface area contributed by atoms with E-state index in [2.05, 4.69) is 27.7 Å². The molecule has 3 aromatic rings. The summed E-state index contributed by atoms with van der Waals surface area (Å²) in [7, 11) is 0. The first kappa shape index (κ1) is 16.8. The van der Waals surface area contributed by atoms with Crippen LogP contribution in [0.25, 0.3) is 5.69 Å². The predicted octanol–water partition coefficient (Wildman–Crippen LogP) is 2.95. The summed E-state index contributed by atoms with van der Waals surface area (Å²) in [5.74, 6) is 0.459. The molecule has 0 aliphatic heterocycles. The second-order valence-corrected chi connectivity index (χ2v) is 7.18. The van der Waals surface area contributed by atoms with Gasteiger partial charge in [-0.15, -0.1) is 5.10 Å². The van der Waals surface area contributed by atoms with Crippen LogP contribution in [0.3, 0.4) is 0 Å². The maximum atomic E-state index is 12.8. The van der Waals surface area contributed by atoms with E-state index >= 15 is 0 Å². The number of benzene rings is 2. The third kappa shape index (κ3) is 3.94. The molecular formula is C19H19N5OS. The summed E-state index contributed by atoms with van der Waals surface area (Å²) in [5.41, 5.74) is 2.04. The molecule has 1 fully saturated rings. The number of tetrazole rings is 1. The van der Waals surface area contributed by atoms with Crippen molar-refractivity contribution < 1.29 is 4.79 Å². The van der Waals surface area contributed by atoms with E-state index in [1.165, 1.54) is 11.8 Å². The molecule has 1 saturated carbocycles. The molecular weight excluding hydrogens is 346 g/mol. The van der Waals surface area contributed by atoms with Crippen LogP contribution in [0.15, 0.2) is 65.8 Å². The molecule has 7 heteroatoms. The zero-order valence-electron chi connectivity index (χ0n) is 14.2. The number of carbonyl (C=O) groups is 1. The van der Waals surface area contributed by atoms with Crippen LogP contribution in [0, 0.1) is 0 Å². The number of para-hydroxylation sites is 1. The van der Waals surface area contributed by atoms with Gasteiger partial charge in [0.15, 0.2) is 0 Å². The lowest BCUT2D eigenvalue weighted by atomic mass is 10.2. The van der Waals surface area contributed by atoms with Gasteiger partial charge in [-0.25, -0.2) is 0 Å². The van der Waals surface area contributed by atoms with E-state index in [4.69, 9.17) is 0 Å². The molecule has 4 rings (SSSR count). The van der Waals surface area contributed by atoms with Crippen molar-refractivity contribution in [1.82, 2.24) is 25.1 Å². The fourth-order valence-electron chi connectivity index (χ4n) is 2.80. The second-order valence-electron chi connectivity index (χ2n) is 6.24. The number of nitrogens with zero attached hydrogens (tertiary/aromatic N) is 5. The van der Waals surface area contributed by atoms with E-state index in [1.54, 1.807) is 4.68 Å². The van der Waals surface area contributed by atoms with Crippen LogP contribution in [0.1, 0.15) is 18.4 Å². The van der Waals surface area contributed by atoms with Crippen LogP contribution >= 0.6 is 11.8 Å². The van der Waals surface area contributed by atoms with E-state index < -0.39 is 0 Å². The molecule has 1 aliphatic carbocycles. The first-order valence-electron chi connectivity index (χ1n) is 8.61. The molecule has 26 heavy (non-hydrogen) atoms. The van der Waals surface area contributed by atoms with Crippen molar-refractivity contribution in [2.24, 2.45) is 0 Å². The lowest BCUT2D eigenvalue weighted by molar-refractivity contribution is -0.129. The third-order valence-corrected chi connectivity index (χ3v) is 5.17. The van der Waals surface area contributed by atoms with Gasteiger partial charge < -0.3 is 4.90 Å². The minimum Gasteiger partial charge on any atom is -0.335 e. The molecule has 0 atom stereocenters. The molecule has 0 bridgehead atoms. The van der Waals surface area contributed by atoms with Crippen LogP contribution in [0.5, 0.6) is 0 Å². The van der Waals surface area contributed by atoms with Gasteiger partial charge in [-0.2, -0.15) is 4.68 Å². The Kier molecular flexibility index (Phi) is 4.97. The summed E-state index contributed by atoms with van der Waals surface area (Å²) in [4.78, 5) is 14.8. The van der Waals surface area contributed by atoms with Crippen LogP contribution in [0.4, 0.5) is 0 Å². The maximum Gasteiger partial charge on any atom is 0.233 e. The van der Waals surface area contributed by atoms with Gasteiger partial charge >= 0.3 is 0 Å². The maximum absolute atomic E-state index is 12.8. The van der Waals surface area contributed by atoms with Gasteiger partial charge in [0.25, 0.3) is 0 Å². The third-order valence-electron chi connectivity index (χ3n) is 4.27. The van der Waals surface area contributed by atoms with Crippen molar-refractivity contribution >= 4 is 17.7 Å². The first-order chi connectivity index (χ1) is 12.8. The molecule has 0 radical (unpaired) electrons. The number of amides is 1. The van der Waals surface area contributed by atoms with Crippen molar-refractivity contribution in [1.29, 1.82) is 0 Å². The van der Waals surface area contributed by atoms with Gasteiger partial charge in [-0.1, -0.05) is 60.3 Å². The summed E-state index contributed by atoms with van der Waals surface area (Å²) >= 11 is 1.38. The highest BCUT2D eigenvalue weighted by molar-refractivity contribution is 7.99. The zero-order valence-corrected chi connectivity index (χ0v) is 15.0. The quantitative estimate of drug-likeness (QED) is 0.603. The Balaban J connectivity index is 1.42. The van der Waals surface area contributed by atoms with Crippen LogP contribution in [-0.2, 0) is 11.3 Å². The average Bonchev–Trinajstić information content (AvgIpc) is 3.42. The number of thioether (sulfide) groups is 1. The Morgan fingerprint density at radius 2 is 1.77 bits per heavy atom. The number of rotatable bonds is 7. The van der Waals surface area contributed by atoms with Gasteiger partial charge in [-0.05, 0) is 41.0 Å². The highest BCUT2D eigenvalue weighted by Gasteiger charge is 2.32.